The van der Waals surface area contributed by atoms with Gasteiger partial charge in [-0.3, -0.25) is 4.79 Å². The van der Waals surface area contributed by atoms with Crippen molar-refractivity contribution < 1.29 is 13.9 Å². The molecule has 1 heterocycles. The van der Waals surface area contributed by atoms with Crippen LogP contribution in [0.1, 0.15) is 31.7 Å². The first kappa shape index (κ1) is 19.7. The van der Waals surface area contributed by atoms with Crippen LogP contribution in [0, 0.1) is 5.82 Å². The summed E-state index contributed by atoms with van der Waals surface area (Å²) in [7, 11) is 1.43. The zero-order chi connectivity index (χ0) is 15.9. The molecule has 0 radical (unpaired) electrons. The number of benzene rings is 1. The number of nitrogens with zero attached hydrogens (tertiary/aromatic N) is 1. The summed E-state index contributed by atoms with van der Waals surface area (Å²) in [4.78, 5) is 14.6. The molecule has 1 aromatic rings. The molecule has 0 aromatic heterocycles. The largest absolute Gasteiger partial charge is 0.494 e. The number of carbonyl (C=O) groups is 1. The van der Waals surface area contributed by atoms with Crippen LogP contribution in [-0.2, 0) is 11.2 Å². The maximum atomic E-state index is 13.7. The molecule has 1 aliphatic heterocycles. The Kier molecular flexibility index (Phi) is 8.34. The lowest BCUT2D eigenvalue weighted by Crippen LogP contribution is -2.47. The molecule has 2 rings (SSSR count). The quantitative estimate of drug-likeness (QED) is 0.862. The maximum Gasteiger partial charge on any atom is 0.227 e. The number of carbonyl (C=O) groups excluding carboxylic acids is 1. The number of ether oxygens (including phenoxy) is 1. The monoisotopic (exact) mass is 344 g/mol. The van der Waals surface area contributed by atoms with Crippen molar-refractivity contribution >= 4 is 18.3 Å². The van der Waals surface area contributed by atoms with Gasteiger partial charge in [0.2, 0.25) is 5.91 Å². The van der Waals surface area contributed by atoms with Gasteiger partial charge in [0.25, 0.3) is 0 Å². The van der Waals surface area contributed by atoms with Gasteiger partial charge < -0.3 is 15.0 Å². The Bertz CT molecular complexity index is 507. The second-order valence-electron chi connectivity index (χ2n) is 5.71. The average Bonchev–Trinajstić information content (AvgIpc) is 2.53. The van der Waals surface area contributed by atoms with E-state index in [0.29, 0.717) is 11.6 Å². The fourth-order valence-corrected chi connectivity index (χ4v) is 2.97. The molecular formula is C17H26ClFN2O2. The minimum atomic E-state index is -0.420. The van der Waals surface area contributed by atoms with Crippen LogP contribution in [0.5, 0.6) is 5.75 Å². The topological polar surface area (TPSA) is 41.6 Å². The lowest BCUT2D eigenvalue weighted by atomic mass is 10.0. The molecule has 1 amide bonds. The fourth-order valence-electron chi connectivity index (χ4n) is 2.97. The van der Waals surface area contributed by atoms with Gasteiger partial charge in [-0.2, -0.15) is 0 Å². The van der Waals surface area contributed by atoms with Gasteiger partial charge in [0.05, 0.1) is 13.5 Å². The summed E-state index contributed by atoms with van der Waals surface area (Å²) in [6.07, 6.45) is 3.16. The fraction of sp³-hybridized carbons (Fsp3) is 0.588. The smallest absolute Gasteiger partial charge is 0.227 e. The first-order chi connectivity index (χ1) is 10.7. The Hall–Kier alpha value is -1.33. The van der Waals surface area contributed by atoms with Gasteiger partial charge in [-0.15, -0.1) is 12.4 Å². The Labute approximate surface area is 143 Å². The van der Waals surface area contributed by atoms with Gasteiger partial charge in [0.1, 0.15) is 0 Å². The van der Waals surface area contributed by atoms with Crippen molar-refractivity contribution in [1.82, 2.24) is 10.2 Å². The molecule has 1 aliphatic rings. The van der Waals surface area contributed by atoms with Crippen LogP contribution in [-0.4, -0.2) is 43.6 Å². The van der Waals surface area contributed by atoms with Crippen molar-refractivity contribution in [3.8, 4) is 5.75 Å². The summed E-state index contributed by atoms with van der Waals surface area (Å²) in [5.41, 5.74) is 0.693. The van der Waals surface area contributed by atoms with Crippen LogP contribution in [0.3, 0.4) is 0 Å². The van der Waals surface area contributed by atoms with E-state index >= 15 is 0 Å². The van der Waals surface area contributed by atoms with Crippen LogP contribution < -0.4 is 10.1 Å². The SMILES string of the molecule is CCCN(C(=O)Cc1ccc(OC)c(F)c1)C1CCNCC1.Cl. The van der Waals surface area contributed by atoms with E-state index < -0.39 is 5.82 Å². The molecule has 0 spiro atoms. The van der Waals surface area contributed by atoms with Crippen LogP contribution in [0.2, 0.25) is 0 Å². The number of rotatable bonds is 6. The molecule has 1 fully saturated rings. The van der Waals surface area contributed by atoms with E-state index in [1.54, 1.807) is 12.1 Å². The molecule has 0 unspecified atom stereocenters. The number of hydrogen-bond donors (Lipinski definition) is 1. The highest BCUT2D eigenvalue weighted by molar-refractivity contribution is 5.85. The van der Waals surface area contributed by atoms with Crippen molar-refractivity contribution in [3.63, 3.8) is 0 Å². The molecule has 0 aliphatic carbocycles. The minimum Gasteiger partial charge on any atom is -0.494 e. The number of piperidine rings is 1. The molecule has 6 heteroatoms. The molecule has 0 bridgehead atoms. The summed E-state index contributed by atoms with van der Waals surface area (Å²) >= 11 is 0. The van der Waals surface area contributed by atoms with E-state index in [1.807, 2.05) is 4.90 Å². The second-order valence-corrected chi connectivity index (χ2v) is 5.71. The van der Waals surface area contributed by atoms with Gasteiger partial charge in [-0.05, 0) is 50.0 Å². The van der Waals surface area contributed by atoms with Crippen LogP contribution in [0.15, 0.2) is 18.2 Å². The van der Waals surface area contributed by atoms with Crippen LogP contribution in [0.4, 0.5) is 4.39 Å². The first-order valence-electron chi connectivity index (χ1n) is 7.98. The third-order valence-corrected chi connectivity index (χ3v) is 4.11. The van der Waals surface area contributed by atoms with E-state index in [9.17, 15) is 9.18 Å². The lowest BCUT2D eigenvalue weighted by Gasteiger charge is -2.34. The van der Waals surface area contributed by atoms with Crippen molar-refractivity contribution in [2.45, 2.75) is 38.6 Å². The van der Waals surface area contributed by atoms with Crippen LogP contribution >= 0.6 is 12.4 Å². The number of amides is 1. The summed E-state index contributed by atoms with van der Waals surface area (Å²) in [6.45, 7) is 4.75. The Morgan fingerprint density at radius 3 is 2.65 bits per heavy atom. The highest BCUT2D eigenvalue weighted by atomic mass is 35.5. The average molecular weight is 345 g/mol. The third kappa shape index (κ3) is 5.36. The molecule has 1 aromatic carbocycles. The lowest BCUT2D eigenvalue weighted by molar-refractivity contribution is -0.133. The zero-order valence-corrected chi connectivity index (χ0v) is 14.6. The highest BCUT2D eigenvalue weighted by Crippen LogP contribution is 2.19. The van der Waals surface area contributed by atoms with E-state index in [4.69, 9.17) is 4.74 Å². The number of halogens is 2. The van der Waals surface area contributed by atoms with Crippen LogP contribution in [0.25, 0.3) is 0 Å². The molecule has 1 N–H and O–H groups in total. The van der Waals surface area contributed by atoms with Crippen molar-refractivity contribution in [1.29, 1.82) is 0 Å². The number of methoxy groups -OCH3 is 1. The van der Waals surface area contributed by atoms with E-state index in [0.717, 1.165) is 38.9 Å². The summed E-state index contributed by atoms with van der Waals surface area (Å²) < 4.78 is 18.7. The Morgan fingerprint density at radius 1 is 1.39 bits per heavy atom. The van der Waals surface area contributed by atoms with Gasteiger partial charge >= 0.3 is 0 Å². The molecule has 130 valence electrons. The Balaban J connectivity index is 0.00000264. The highest BCUT2D eigenvalue weighted by Gasteiger charge is 2.24. The molecule has 1 saturated heterocycles. The van der Waals surface area contributed by atoms with Gasteiger partial charge in [-0.1, -0.05) is 13.0 Å². The predicted octanol–water partition coefficient (Wildman–Crippen LogP) is 2.79. The first-order valence-corrected chi connectivity index (χ1v) is 7.98. The van der Waals surface area contributed by atoms with Gasteiger partial charge in [0.15, 0.2) is 11.6 Å². The van der Waals surface area contributed by atoms with Gasteiger partial charge in [-0.25, -0.2) is 4.39 Å². The third-order valence-electron chi connectivity index (χ3n) is 4.11. The van der Waals surface area contributed by atoms with E-state index in [-0.39, 0.29) is 30.5 Å². The zero-order valence-electron chi connectivity index (χ0n) is 13.8. The summed E-state index contributed by atoms with van der Waals surface area (Å²) in [6, 6.07) is 5.03. The molecule has 0 atom stereocenters. The van der Waals surface area contributed by atoms with Crippen molar-refractivity contribution in [2.24, 2.45) is 0 Å². The minimum absolute atomic E-state index is 0. The van der Waals surface area contributed by atoms with Crippen molar-refractivity contribution in [3.05, 3.63) is 29.6 Å². The second kappa shape index (κ2) is 9.73. The normalized spacial score (nSPS) is 14.9. The molecule has 4 nitrogen and oxygen atoms in total. The maximum absolute atomic E-state index is 13.7. The standard InChI is InChI=1S/C17H25FN2O2.ClH/c1-3-10-20(14-6-8-19-9-7-14)17(21)12-13-4-5-16(22-2)15(18)11-13;/h4-5,11,14,19H,3,6-10,12H2,1-2H3;1H. The number of nitrogens with one attached hydrogen (secondary N) is 1. The molecular weight excluding hydrogens is 319 g/mol. The van der Waals surface area contributed by atoms with E-state index in [2.05, 4.69) is 12.2 Å². The number of hydrogen-bond acceptors (Lipinski definition) is 3. The molecule has 0 saturated carbocycles. The van der Waals surface area contributed by atoms with Crippen molar-refractivity contribution in [2.75, 3.05) is 26.7 Å². The summed E-state index contributed by atoms with van der Waals surface area (Å²) in [5, 5.41) is 3.32. The predicted molar refractivity (Wildman–Crippen MR) is 91.8 cm³/mol. The summed E-state index contributed by atoms with van der Waals surface area (Å²) in [5.74, 6) is -0.130. The molecule has 23 heavy (non-hydrogen) atoms. The van der Waals surface area contributed by atoms with Gasteiger partial charge in [0, 0.05) is 12.6 Å². The van der Waals surface area contributed by atoms with E-state index in [1.165, 1.54) is 13.2 Å². The Morgan fingerprint density at radius 2 is 2.09 bits per heavy atom.